The van der Waals surface area contributed by atoms with E-state index in [2.05, 4.69) is 22.6 Å². The number of benzene rings is 4. The Kier molecular flexibility index (Phi) is 5.76. The molecule has 0 aliphatic carbocycles. The maximum absolute atomic E-state index is 13.7. The number of hydrogen-bond donors (Lipinski definition) is 0. The van der Waals surface area contributed by atoms with Crippen LogP contribution in [0.15, 0.2) is 83.7 Å². The quantitative estimate of drug-likeness (QED) is 0.210. The molecule has 6 heteroatoms. The van der Waals surface area contributed by atoms with Gasteiger partial charge >= 0.3 is 0 Å². The minimum atomic E-state index is -0.119. The number of rotatable bonds is 3. The predicted molar refractivity (Wildman–Crippen MR) is 143 cm³/mol. The Morgan fingerprint density at radius 2 is 1.66 bits per heavy atom. The molecule has 0 unspecified atom stereocenters. The lowest BCUT2D eigenvalue weighted by Gasteiger charge is -2.14. The molecule has 5 rings (SSSR count). The molecule has 0 aliphatic heterocycles. The molecule has 0 spiro atoms. The molecule has 0 amide bonds. The summed E-state index contributed by atoms with van der Waals surface area (Å²) in [4.78, 5) is 18.5. The van der Waals surface area contributed by atoms with E-state index in [9.17, 15) is 4.79 Å². The van der Waals surface area contributed by atoms with Crippen LogP contribution in [0.25, 0.3) is 39.5 Å². The van der Waals surface area contributed by atoms with E-state index in [1.165, 1.54) is 0 Å². The van der Waals surface area contributed by atoms with Crippen molar-refractivity contribution in [3.05, 3.63) is 114 Å². The van der Waals surface area contributed by atoms with Crippen molar-refractivity contribution in [3.63, 3.8) is 0 Å². The maximum Gasteiger partial charge on any atom is 0.266 e. The van der Waals surface area contributed by atoms with Gasteiger partial charge in [0.05, 0.1) is 16.6 Å². The van der Waals surface area contributed by atoms with Crippen molar-refractivity contribution >= 4 is 79.6 Å². The molecule has 0 radical (unpaired) electrons. The number of hydrogen-bond acceptors (Lipinski definition) is 2. The molecule has 32 heavy (non-hydrogen) atoms. The zero-order valence-corrected chi connectivity index (χ0v) is 20.3. The highest BCUT2D eigenvalue weighted by Gasteiger charge is 2.14. The van der Waals surface area contributed by atoms with Gasteiger partial charge in [-0.3, -0.25) is 9.36 Å². The average Bonchev–Trinajstić information content (AvgIpc) is 2.79. The Morgan fingerprint density at radius 1 is 0.844 bits per heavy atom. The molecular formula is C26H15Cl2IN2O. The third-order valence-electron chi connectivity index (χ3n) is 5.24. The molecular weight excluding hydrogens is 554 g/mol. The average molecular weight is 569 g/mol. The van der Waals surface area contributed by atoms with Gasteiger partial charge in [0, 0.05) is 19.0 Å². The highest BCUT2D eigenvalue weighted by atomic mass is 127. The SMILES string of the molecule is O=c1c2cc(I)ccc2nc(/C=C/c2ccc(Cl)cc2Cl)n1-c1cccc2ccccc12. The monoisotopic (exact) mass is 568 g/mol. The number of nitrogens with zero attached hydrogens (tertiary/aromatic N) is 2. The Labute approximate surface area is 208 Å². The van der Waals surface area contributed by atoms with Crippen molar-refractivity contribution in [3.8, 4) is 5.69 Å². The van der Waals surface area contributed by atoms with Crippen LogP contribution in [0.2, 0.25) is 10.0 Å². The molecule has 3 nitrogen and oxygen atoms in total. The van der Waals surface area contributed by atoms with Gasteiger partial charge in [-0.15, -0.1) is 0 Å². The zero-order chi connectivity index (χ0) is 22.2. The Bertz CT molecular complexity index is 1590. The van der Waals surface area contributed by atoms with E-state index in [4.69, 9.17) is 28.2 Å². The van der Waals surface area contributed by atoms with Crippen molar-refractivity contribution in [1.29, 1.82) is 0 Å². The summed E-state index contributed by atoms with van der Waals surface area (Å²) >= 11 is 14.6. The molecule has 0 saturated carbocycles. The molecule has 1 heterocycles. The first kappa shape index (κ1) is 21.2. The van der Waals surface area contributed by atoms with E-state index in [1.54, 1.807) is 16.7 Å². The summed E-state index contributed by atoms with van der Waals surface area (Å²) < 4.78 is 2.65. The van der Waals surface area contributed by atoms with E-state index in [0.29, 0.717) is 26.8 Å². The van der Waals surface area contributed by atoms with Crippen molar-refractivity contribution in [2.75, 3.05) is 0 Å². The summed E-state index contributed by atoms with van der Waals surface area (Å²) in [7, 11) is 0. The lowest BCUT2D eigenvalue weighted by Crippen LogP contribution is -2.22. The van der Waals surface area contributed by atoms with E-state index in [0.717, 1.165) is 25.6 Å². The van der Waals surface area contributed by atoms with Gasteiger partial charge in [0.2, 0.25) is 0 Å². The van der Waals surface area contributed by atoms with Crippen LogP contribution in [0.3, 0.4) is 0 Å². The number of fused-ring (bicyclic) bond motifs is 2. The third kappa shape index (κ3) is 3.94. The molecule has 156 valence electrons. The Morgan fingerprint density at radius 3 is 2.50 bits per heavy atom. The lowest BCUT2D eigenvalue weighted by atomic mass is 10.1. The van der Waals surface area contributed by atoms with Crippen LogP contribution >= 0.6 is 45.8 Å². The van der Waals surface area contributed by atoms with E-state index < -0.39 is 0 Å². The predicted octanol–water partition coefficient (Wildman–Crippen LogP) is 7.62. The first-order valence-corrected chi connectivity index (χ1v) is 11.7. The van der Waals surface area contributed by atoms with Crippen LogP contribution in [0.5, 0.6) is 0 Å². The van der Waals surface area contributed by atoms with Crippen LogP contribution in [-0.2, 0) is 0 Å². The van der Waals surface area contributed by atoms with E-state index in [-0.39, 0.29) is 5.56 Å². The van der Waals surface area contributed by atoms with Crippen LogP contribution in [0.1, 0.15) is 11.4 Å². The summed E-state index contributed by atoms with van der Waals surface area (Å²) in [6, 6.07) is 24.9. The molecule has 0 aliphatic rings. The summed E-state index contributed by atoms with van der Waals surface area (Å²) in [5.41, 5.74) is 2.10. The molecule has 5 aromatic rings. The fraction of sp³-hybridized carbons (Fsp3) is 0. The van der Waals surface area contributed by atoms with Crippen molar-refractivity contribution in [2.24, 2.45) is 0 Å². The maximum atomic E-state index is 13.7. The van der Waals surface area contributed by atoms with Gasteiger partial charge in [-0.2, -0.15) is 0 Å². The summed E-state index contributed by atoms with van der Waals surface area (Å²) in [5, 5.41) is 3.70. The Hall–Kier alpha value is -2.67. The third-order valence-corrected chi connectivity index (χ3v) is 6.47. The Balaban J connectivity index is 1.81. The molecule has 0 saturated heterocycles. The van der Waals surface area contributed by atoms with Crippen LogP contribution in [0, 0.1) is 3.57 Å². The summed E-state index contributed by atoms with van der Waals surface area (Å²) in [6.07, 6.45) is 3.66. The second kappa shape index (κ2) is 8.70. The molecule has 0 atom stereocenters. The molecule has 4 aromatic carbocycles. The van der Waals surface area contributed by atoms with E-state index >= 15 is 0 Å². The number of aromatic nitrogens is 2. The topological polar surface area (TPSA) is 34.9 Å². The second-order valence-corrected chi connectivity index (χ2v) is 9.36. The van der Waals surface area contributed by atoms with Gasteiger partial charge < -0.3 is 0 Å². The standard InChI is InChI=1S/C26H15Cl2IN2O/c27-18-10-8-17(22(28)14-18)9-13-25-30-23-12-11-19(29)15-21(23)26(32)31(25)24-7-3-5-16-4-1-2-6-20(16)24/h1-15H/b13-9+. The van der Waals surface area contributed by atoms with Gasteiger partial charge in [-0.1, -0.05) is 65.7 Å². The summed E-state index contributed by atoms with van der Waals surface area (Å²) in [6.45, 7) is 0. The largest absolute Gasteiger partial charge is 0.268 e. The number of halogens is 3. The molecule has 0 fully saturated rings. The fourth-order valence-electron chi connectivity index (χ4n) is 3.72. The highest BCUT2D eigenvalue weighted by molar-refractivity contribution is 14.1. The summed E-state index contributed by atoms with van der Waals surface area (Å²) in [5.74, 6) is 0.520. The van der Waals surface area contributed by atoms with Crippen molar-refractivity contribution in [1.82, 2.24) is 9.55 Å². The van der Waals surface area contributed by atoms with Crippen molar-refractivity contribution in [2.45, 2.75) is 0 Å². The van der Waals surface area contributed by atoms with Gasteiger partial charge in [0.25, 0.3) is 5.56 Å². The van der Waals surface area contributed by atoms with Gasteiger partial charge in [0.15, 0.2) is 0 Å². The second-order valence-electron chi connectivity index (χ2n) is 7.27. The smallest absolute Gasteiger partial charge is 0.266 e. The van der Waals surface area contributed by atoms with Crippen LogP contribution in [0.4, 0.5) is 0 Å². The fourth-order valence-corrected chi connectivity index (χ4v) is 4.69. The first-order chi connectivity index (χ1) is 15.5. The van der Waals surface area contributed by atoms with Crippen LogP contribution < -0.4 is 5.56 Å². The van der Waals surface area contributed by atoms with Gasteiger partial charge in [-0.05, 0) is 82.1 Å². The van der Waals surface area contributed by atoms with E-state index in [1.807, 2.05) is 78.9 Å². The minimum Gasteiger partial charge on any atom is -0.268 e. The van der Waals surface area contributed by atoms with Gasteiger partial charge in [-0.25, -0.2) is 4.98 Å². The van der Waals surface area contributed by atoms with Crippen LogP contribution in [-0.4, -0.2) is 9.55 Å². The molecule has 1 aromatic heterocycles. The lowest BCUT2D eigenvalue weighted by molar-refractivity contribution is 0.951. The zero-order valence-electron chi connectivity index (χ0n) is 16.6. The van der Waals surface area contributed by atoms with Gasteiger partial charge in [0.1, 0.15) is 5.82 Å². The first-order valence-electron chi connectivity index (χ1n) is 9.85. The highest BCUT2D eigenvalue weighted by Crippen LogP contribution is 2.26. The molecule has 0 N–H and O–H groups in total. The minimum absolute atomic E-state index is 0.119. The normalized spacial score (nSPS) is 11.6. The molecule has 0 bridgehead atoms. The van der Waals surface area contributed by atoms with Crippen molar-refractivity contribution < 1.29 is 0 Å².